The summed E-state index contributed by atoms with van der Waals surface area (Å²) >= 11 is 0. The molecule has 1 aliphatic heterocycles. The fourth-order valence-corrected chi connectivity index (χ4v) is 6.27. The van der Waals surface area contributed by atoms with Crippen molar-refractivity contribution in [2.75, 3.05) is 6.54 Å². The van der Waals surface area contributed by atoms with E-state index in [4.69, 9.17) is 10.5 Å². The van der Waals surface area contributed by atoms with E-state index in [2.05, 4.69) is 16.0 Å². The number of nitrogens with two attached hydrogens (primary N) is 1. The average molecular weight is 700 g/mol. The highest BCUT2D eigenvalue weighted by Gasteiger charge is 2.39. The molecular weight excluding hydrogens is 650 g/mol. The third-order valence-electron chi connectivity index (χ3n) is 8.50. The van der Waals surface area contributed by atoms with Crippen LogP contribution in [0.3, 0.4) is 0 Å². The second kappa shape index (κ2) is 17.0. The maximum Gasteiger partial charge on any atom is 0.408 e. The number of hydrogen-bond donors (Lipinski definition) is 5. The number of carbonyl (C=O) groups is 5. The Hall–Kier alpha value is -5.39. The Morgan fingerprint density at radius 3 is 2.00 bits per heavy atom. The Morgan fingerprint density at radius 2 is 1.39 bits per heavy atom. The zero-order valence-corrected chi connectivity index (χ0v) is 29.9. The number of ether oxygens (including phenoxy) is 1. The van der Waals surface area contributed by atoms with Gasteiger partial charge in [0.1, 0.15) is 35.5 Å². The molecule has 0 radical (unpaired) electrons. The summed E-state index contributed by atoms with van der Waals surface area (Å²) in [6, 6.07) is 17.1. The highest BCUT2D eigenvalue weighted by Crippen LogP contribution is 2.22. The van der Waals surface area contributed by atoms with E-state index in [1.807, 2.05) is 62.4 Å². The van der Waals surface area contributed by atoms with Gasteiger partial charge in [-0.15, -0.1) is 0 Å². The first-order valence-electron chi connectivity index (χ1n) is 17.2. The standard InChI is InChI=1S/C39H49N5O7/c1-24-18-25(2)20-28(19-24)23-31(35(47)41-30(34(40)46)21-26-10-7-6-8-11-26)42-36(48)33-12-9-17-44(33)37(49)32(43-38(50)51-39(3,4)5)22-27-13-15-29(45)16-14-27/h6-8,10-11,13-16,18-20,30-33,45H,9,12,17,21-23H2,1-5H3,(H2,40,46)(H,41,47)(H,42,48)(H,43,50)/t30-,31-,32-,33-/m0/s1. The van der Waals surface area contributed by atoms with Crippen LogP contribution in [-0.4, -0.2) is 76.0 Å². The number of phenols is 1. The first-order chi connectivity index (χ1) is 24.1. The smallest absolute Gasteiger partial charge is 0.408 e. The van der Waals surface area contributed by atoms with Gasteiger partial charge in [0.05, 0.1) is 0 Å². The van der Waals surface area contributed by atoms with Crippen LogP contribution in [0.15, 0.2) is 72.8 Å². The van der Waals surface area contributed by atoms with Gasteiger partial charge in [-0.05, 0) is 76.3 Å². The third-order valence-corrected chi connectivity index (χ3v) is 8.50. The van der Waals surface area contributed by atoms with Crippen molar-refractivity contribution in [3.8, 4) is 5.75 Å². The molecule has 0 aliphatic carbocycles. The van der Waals surface area contributed by atoms with Crippen LogP contribution in [0.1, 0.15) is 61.4 Å². The maximum atomic E-state index is 14.1. The summed E-state index contributed by atoms with van der Waals surface area (Å²) in [5.41, 5.74) is 9.14. The monoisotopic (exact) mass is 699 g/mol. The van der Waals surface area contributed by atoms with Crippen LogP contribution in [-0.2, 0) is 43.2 Å². The number of rotatable bonds is 13. The molecule has 1 aliphatic rings. The van der Waals surface area contributed by atoms with Crippen LogP contribution in [0.2, 0.25) is 0 Å². The SMILES string of the molecule is Cc1cc(C)cc(C[C@H](NC(=O)[C@@H]2CCCN2C(=O)[C@H](Cc2ccc(O)cc2)NC(=O)OC(C)(C)C)C(=O)N[C@@H](Cc2ccccc2)C(N)=O)c1. The lowest BCUT2D eigenvalue weighted by Gasteiger charge is -2.30. The van der Waals surface area contributed by atoms with E-state index in [1.165, 1.54) is 17.0 Å². The molecule has 1 saturated heterocycles. The van der Waals surface area contributed by atoms with E-state index in [1.54, 1.807) is 32.9 Å². The summed E-state index contributed by atoms with van der Waals surface area (Å²) in [6.45, 7) is 9.27. The minimum absolute atomic E-state index is 0.0552. The quantitative estimate of drug-likeness (QED) is 0.181. The maximum absolute atomic E-state index is 14.1. The molecule has 0 aromatic heterocycles. The molecular formula is C39H49N5O7. The molecule has 0 spiro atoms. The molecule has 272 valence electrons. The Balaban J connectivity index is 1.57. The summed E-state index contributed by atoms with van der Waals surface area (Å²) in [7, 11) is 0. The Labute approximate surface area is 299 Å². The van der Waals surface area contributed by atoms with Crippen molar-refractivity contribution >= 4 is 29.7 Å². The minimum Gasteiger partial charge on any atom is -0.508 e. The molecule has 3 aromatic rings. The van der Waals surface area contributed by atoms with Gasteiger partial charge in [0.25, 0.3) is 0 Å². The van der Waals surface area contributed by atoms with Gasteiger partial charge in [-0.2, -0.15) is 0 Å². The number of nitrogens with one attached hydrogen (secondary N) is 3. The summed E-state index contributed by atoms with van der Waals surface area (Å²) in [6.07, 6.45) is 0.454. The van der Waals surface area contributed by atoms with E-state index in [-0.39, 0.29) is 31.6 Å². The molecule has 6 N–H and O–H groups in total. The largest absolute Gasteiger partial charge is 0.508 e. The van der Waals surface area contributed by atoms with Gasteiger partial charge in [0, 0.05) is 25.8 Å². The number of benzene rings is 3. The first kappa shape index (κ1) is 38.4. The topological polar surface area (TPSA) is 180 Å². The van der Waals surface area contributed by atoms with E-state index in [0.717, 1.165) is 22.3 Å². The van der Waals surface area contributed by atoms with Crippen LogP contribution >= 0.6 is 0 Å². The number of alkyl carbamates (subject to hydrolysis) is 1. The molecule has 1 heterocycles. The van der Waals surface area contributed by atoms with Crippen molar-refractivity contribution in [2.24, 2.45) is 5.73 Å². The van der Waals surface area contributed by atoms with Gasteiger partial charge < -0.3 is 36.4 Å². The molecule has 3 aromatic carbocycles. The molecule has 5 amide bonds. The molecule has 1 fully saturated rings. The molecule has 4 rings (SSSR count). The van der Waals surface area contributed by atoms with E-state index < -0.39 is 59.5 Å². The highest BCUT2D eigenvalue weighted by molar-refractivity contribution is 5.95. The lowest BCUT2D eigenvalue weighted by atomic mass is 9.99. The summed E-state index contributed by atoms with van der Waals surface area (Å²) < 4.78 is 5.43. The fourth-order valence-electron chi connectivity index (χ4n) is 6.27. The first-order valence-corrected chi connectivity index (χ1v) is 17.2. The van der Waals surface area contributed by atoms with Gasteiger partial charge in [0.15, 0.2) is 0 Å². The second-order valence-corrected chi connectivity index (χ2v) is 14.2. The molecule has 51 heavy (non-hydrogen) atoms. The van der Waals surface area contributed by atoms with Crippen LogP contribution in [0.4, 0.5) is 4.79 Å². The Morgan fingerprint density at radius 1 is 0.804 bits per heavy atom. The van der Waals surface area contributed by atoms with Crippen molar-refractivity contribution < 1.29 is 33.8 Å². The van der Waals surface area contributed by atoms with E-state index >= 15 is 0 Å². The number of amides is 5. The highest BCUT2D eigenvalue weighted by atomic mass is 16.6. The number of aromatic hydroxyl groups is 1. The number of nitrogens with zero attached hydrogens (tertiary/aromatic N) is 1. The molecule has 0 saturated carbocycles. The molecule has 12 nitrogen and oxygen atoms in total. The lowest BCUT2D eigenvalue weighted by molar-refractivity contribution is -0.141. The number of hydrogen-bond acceptors (Lipinski definition) is 7. The van der Waals surface area contributed by atoms with Crippen molar-refractivity contribution in [1.82, 2.24) is 20.9 Å². The van der Waals surface area contributed by atoms with E-state index in [9.17, 15) is 29.1 Å². The van der Waals surface area contributed by atoms with Crippen LogP contribution in [0, 0.1) is 13.8 Å². The van der Waals surface area contributed by atoms with Gasteiger partial charge >= 0.3 is 6.09 Å². The summed E-state index contributed by atoms with van der Waals surface area (Å²) in [5.74, 6) is -2.27. The molecule has 4 atom stereocenters. The Kier molecular flexibility index (Phi) is 12.8. The zero-order valence-electron chi connectivity index (χ0n) is 29.9. The van der Waals surface area contributed by atoms with Gasteiger partial charge in [0.2, 0.25) is 23.6 Å². The minimum atomic E-state index is -1.10. The molecule has 12 heteroatoms. The summed E-state index contributed by atoms with van der Waals surface area (Å²) in [5, 5.41) is 18.0. The van der Waals surface area contributed by atoms with Crippen LogP contribution in [0.5, 0.6) is 5.75 Å². The van der Waals surface area contributed by atoms with Crippen molar-refractivity contribution in [1.29, 1.82) is 0 Å². The fraction of sp³-hybridized carbons (Fsp3) is 0.410. The van der Waals surface area contributed by atoms with Crippen molar-refractivity contribution in [3.63, 3.8) is 0 Å². The average Bonchev–Trinajstić information content (AvgIpc) is 3.54. The molecule has 0 unspecified atom stereocenters. The number of carbonyl (C=O) groups excluding carboxylic acids is 5. The predicted octanol–water partition coefficient (Wildman–Crippen LogP) is 3.38. The van der Waals surface area contributed by atoms with Gasteiger partial charge in [-0.3, -0.25) is 19.2 Å². The second-order valence-electron chi connectivity index (χ2n) is 14.2. The zero-order chi connectivity index (χ0) is 37.3. The number of phenolic OH excluding ortho intramolecular Hbond substituents is 1. The van der Waals surface area contributed by atoms with E-state index in [0.29, 0.717) is 18.4 Å². The van der Waals surface area contributed by atoms with Gasteiger partial charge in [-0.1, -0.05) is 71.8 Å². The number of likely N-dealkylation sites (tertiary alicyclic amines) is 1. The number of aryl methyl sites for hydroxylation is 2. The normalized spacial score (nSPS) is 16.0. The van der Waals surface area contributed by atoms with Crippen molar-refractivity contribution in [3.05, 3.63) is 101 Å². The lowest BCUT2D eigenvalue weighted by Crippen LogP contribution is -2.58. The third kappa shape index (κ3) is 11.6. The van der Waals surface area contributed by atoms with Crippen LogP contribution < -0.4 is 21.7 Å². The number of primary amides is 1. The predicted molar refractivity (Wildman–Crippen MR) is 193 cm³/mol. The van der Waals surface area contributed by atoms with Crippen molar-refractivity contribution in [2.45, 2.75) is 96.5 Å². The molecule has 0 bridgehead atoms. The van der Waals surface area contributed by atoms with Crippen LogP contribution in [0.25, 0.3) is 0 Å². The summed E-state index contributed by atoms with van der Waals surface area (Å²) in [4.78, 5) is 68.7. The van der Waals surface area contributed by atoms with Gasteiger partial charge in [-0.25, -0.2) is 4.79 Å². The Bertz CT molecular complexity index is 1680.